The molecule has 2 heterocycles. The molecule has 0 aliphatic carbocycles. The monoisotopic (exact) mass is 373 g/mol. The maximum atomic E-state index is 13.4. The van der Waals surface area contributed by atoms with Crippen LogP contribution in [0.2, 0.25) is 0 Å². The van der Waals surface area contributed by atoms with Crippen molar-refractivity contribution in [3.05, 3.63) is 41.2 Å². The molecule has 1 aliphatic rings. The Balaban J connectivity index is 1.95. The van der Waals surface area contributed by atoms with E-state index in [0.717, 1.165) is 42.5 Å². The summed E-state index contributed by atoms with van der Waals surface area (Å²) in [6, 6.07) is 8.26. The van der Waals surface area contributed by atoms with E-state index in [9.17, 15) is 4.79 Å². The number of thioether (sulfide) groups is 1. The highest BCUT2D eigenvalue weighted by Crippen LogP contribution is 2.38. The van der Waals surface area contributed by atoms with Gasteiger partial charge in [0.05, 0.1) is 6.04 Å². The van der Waals surface area contributed by atoms with Gasteiger partial charge in [0.15, 0.2) is 0 Å². The van der Waals surface area contributed by atoms with Gasteiger partial charge in [-0.1, -0.05) is 55.4 Å². The van der Waals surface area contributed by atoms with Crippen LogP contribution in [0.25, 0.3) is 0 Å². The second kappa shape index (κ2) is 8.12. The van der Waals surface area contributed by atoms with Gasteiger partial charge >= 0.3 is 0 Å². The molecule has 1 aromatic carbocycles. The minimum absolute atomic E-state index is 0.119. The molecule has 140 valence electrons. The summed E-state index contributed by atoms with van der Waals surface area (Å²) in [6.45, 7) is 9.78. The molecular formula is C19H27N5OS. The van der Waals surface area contributed by atoms with Crippen LogP contribution in [0.1, 0.15) is 49.7 Å². The van der Waals surface area contributed by atoms with E-state index < -0.39 is 0 Å². The third-order valence-corrected chi connectivity index (χ3v) is 5.78. The van der Waals surface area contributed by atoms with Crippen molar-refractivity contribution in [2.24, 2.45) is 0 Å². The van der Waals surface area contributed by atoms with Gasteiger partial charge in [-0.2, -0.15) is 0 Å². The maximum Gasteiger partial charge on any atom is 0.238 e. The Hall–Kier alpha value is -2.02. The zero-order valence-corrected chi connectivity index (χ0v) is 16.7. The number of hydrogen-bond acceptors (Lipinski definition) is 5. The van der Waals surface area contributed by atoms with Crippen LogP contribution in [0.15, 0.2) is 29.4 Å². The highest BCUT2D eigenvalue weighted by atomic mass is 32.2. The van der Waals surface area contributed by atoms with Crippen LogP contribution >= 0.6 is 11.8 Å². The summed E-state index contributed by atoms with van der Waals surface area (Å²) < 4.78 is 1.89. The number of nitrogens with zero attached hydrogens (tertiary/aromatic N) is 4. The molecule has 2 aromatic rings. The Kier molecular flexibility index (Phi) is 5.86. The SMILES string of the molecule is CCCN(CCC)C(=O)[C@@H]1Sc2nnc(C)n2N[C@@H]1c1ccc(C)cc1. The Bertz CT molecular complexity index is 752. The van der Waals surface area contributed by atoms with Crippen molar-refractivity contribution in [2.45, 2.75) is 57.0 Å². The fourth-order valence-corrected chi connectivity index (χ4v) is 4.43. The summed E-state index contributed by atoms with van der Waals surface area (Å²) in [5.74, 6) is 0.971. The zero-order valence-electron chi connectivity index (χ0n) is 15.9. The summed E-state index contributed by atoms with van der Waals surface area (Å²) in [7, 11) is 0. The maximum absolute atomic E-state index is 13.4. The van der Waals surface area contributed by atoms with E-state index in [-0.39, 0.29) is 17.2 Å². The number of fused-ring (bicyclic) bond motifs is 1. The van der Waals surface area contributed by atoms with Crippen molar-refractivity contribution in [1.82, 2.24) is 19.8 Å². The number of rotatable bonds is 6. The van der Waals surface area contributed by atoms with Gasteiger partial charge in [-0.15, -0.1) is 10.2 Å². The van der Waals surface area contributed by atoms with Gasteiger partial charge in [0.1, 0.15) is 11.1 Å². The van der Waals surface area contributed by atoms with Gasteiger partial charge in [-0.3, -0.25) is 4.79 Å². The zero-order chi connectivity index (χ0) is 18.7. The molecule has 6 nitrogen and oxygen atoms in total. The first-order chi connectivity index (χ1) is 12.5. The fourth-order valence-electron chi connectivity index (χ4n) is 3.22. The number of amides is 1. The first kappa shape index (κ1) is 18.8. The first-order valence-electron chi connectivity index (χ1n) is 9.25. The predicted molar refractivity (Wildman–Crippen MR) is 105 cm³/mol. The van der Waals surface area contributed by atoms with Crippen molar-refractivity contribution in [3.8, 4) is 0 Å². The molecule has 2 atom stereocenters. The van der Waals surface area contributed by atoms with E-state index in [4.69, 9.17) is 0 Å². The van der Waals surface area contributed by atoms with E-state index >= 15 is 0 Å². The Morgan fingerprint density at radius 1 is 1.15 bits per heavy atom. The highest BCUT2D eigenvalue weighted by molar-refractivity contribution is 8.00. The molecule has 1 aromatic heterocycles. The lowest BCUT2D eigenvalue weighted by atomic mass is 10.0. The van der Waals surface area contributed by atoms with Gasteiger partial charge in [0.2, 0.25) is 11.1 Å². The van der Waals surface area contributed by atoms with Crippen LogP contribution in [0.5, 0.6) is 0 Å². The predicted octanol–water partition coefficient (Wildman–Crippen LogP) is 3.30. The van der Waals surface area contributed by atoms with Crippen molar-refractivity contribution in [2.75, 3.05) is 18.5 Å². The third-order valence-electron chi connectivity index (χ3n) is 4.58. The van der Waals surface area contributed by atoms with E-state index in [1.165, 1.54) is 17.3 Å². The average molecular weight is 374 g/mol. The molecule has 7 heteroatoms. The summed E-state index contributed by atoms with van der Waals surface area (Å²) in [6.07, 6.45) is 1.92. The highest BCUT2D eigenvalue weighted by Gasteiger charge is 2.39. The van der Waals surface area contributed by atoms with Crippen molar-refractivity contribution in [1.29, 1.82) is 0 Å². The Morgan fingerprint density at radius 3 is 2.42 bits per heavy atom. The topological polar surface area (TPSA) is 63.1 Å². The second-order valence-corrected chi connectivity index (χ2v) is 7.86. The number of hydrogen-bond donors (Lipinski definition) is 1. The van der Waals surface area contributed by atoms with Crippen molar-refractivity contribution < 1.29 is 4.79 Å². The lowest BCUT2D eigenvalue weighted by molar-refractivity contribution is -0.131. The van der Waals surface area contributed by atoms with Gasteiger partial charge < -0.3 is 10.3 Å². The smallest absolute Gasteiger partial charge is 0.238 e. The average Bonchev–Trinajstić information content (AvgIpc) is 3.01. The van der Waals surface area contributed by atoms with Crippen LogP contribution in [0.4, 0.5) is 0 Å². The van der Waals surface area contributed by atoms with Crippen LogP contribution < -0.4 is 5.43 Å². The second-order valence-electron chi connectivity index (χ2n) is 6.75. The summed E-state index contributed by atoms with van der Waals surface area (Å²) in [5.41, 5.74) is 5.79. The number of benzene rings is 1. The minimum Gasteiger partial charge on any atom is -0.342 e. The molecule has 3 rings (SSSR count). The number of carbonyl (C=O) groups excluding carboxylic acids is 1. The third kappa shape index (κ3) is 3.72. The Morgan fingerprint density at radius 2 is 1.81 bits per heavy atom. The van der Waals surface area contributed by atoms with Crippen LogP contribution in [0, 0.1) is 13.8 Å². The molecule has 0 radical (unpaired) electrons. The van der Waals surface area contributed by atoms with Gasteiger partial charge in [-0.25, -0.2) is 4.68 Å². The molecule has 0 saturated carbocycles. The van der Waals surface area contributed by atoms with Crippen molar-refractivity contribution >= 4 is 17.7 Å². The summed E-state index contributed by atoms with van der Waals surface area (Å²) in [4.78, 5) is 15.3. The molecule has 0 bridgehead atoms. The lowest BCUT2D eigenvalue weighted by Crippen LogP contribution is -2.46. The number of nitrogens with one attached hydrogen (secondary N) is 1. The van der Waals surface area contributed by atoms with E-state index in [1.54, 1.807) is 0 Å². The van der Waals surface area contributed by atoms with Gasteiger partial charge in [0, 0.05) is 13.1 Å². The lowest BCUT2D eigenvalue weighted by Gasteiger charge is -2.35. The van der Waals surface area contributed by atoms with Gasteiger partial charge in [-0.05, 0) is 32.3 Å². The summed E-state index contributed by atoms with van der Waals surface area (Å²) in [5, 5.41) is 8.87. The molecule has 1 aliphatic heterocycles. The molecule has 0 spiro atoms. The van der Waals surface area contributed by atoms with Crippen LogP contribution in [-0.4, -0.2) is 44.0 Å². The quantitative estimate of drug-likeness (QED) is 0.842. The van der Waals surface area contributed by atoms with Crippen LogP contribution in [-0.2, 0) is 4.79 Å². The number of aromatic nitrogens is 3. The van der Waals surface area contributed by atoms with E-state index in [1.807, 2.05) is 16.5 Å². The van der Waals surface area contributed by atoms with Crippen LogP contribution in [0.3, 0.4) is 0 Å². The fraction of sp³-hybridized carbons (Fsp3) is 0.526. The molecule has 0 fully saturated rings. The summed E-state index contributed by atoms with van der Waals surface area (Å²) >= 11 is 1.51. The number of carbonyl (C=O) groups is 1. The molecular weight excluding hydrogens is 346 g/mol. The molecule has 1 N–H and O–H groups in total. The minimum atomic E-state index is -0.257. The Labute approximate surface area is 159 Å². The molecule has 0 saturated heterocycles. The van der Waals surface area contributed by atoms with Crippen molar-refractivity contribution in [3.63, 3.8) is 0 Å². The standard InChI is InChI=1S/C19H27N5OS/c1-5-11-23(12-6-2)18(25)17-16(15-9-7-13(3)8-10-15)22-24-14(4)20-21-19(24)26-17/h7-10,16-17,22H,5-6,11-12H2,1-4H3/t16-,17-/m1/s1. The first-order valence-corrected chi connectivity index (χ1v) is 10.1. The molecule has 0 unspecified atom stereocenters. The normalized spacial score (nSPS) is 18.9. The largest absolute Gasteiger partial charge is 0.342 e. The van der Waals surface area contributed by atoms with E-state index in [2.05, 4.69) is 60.7 Å². The molecule has 1 amide bonds. The van der Waals surface area contributed by atoms with Gasteiger partial charge in [0.25, 0.3) is 0 Å². The molecule has 26 heavy (non-hydrogen) atoms. The van der Waals surface area contributed by atoms with E-state index in [0.29, 0.717) is 0 Å². The number of aryl methyl sites for hydroxylation is 2.